The number of carbonyl (C=O) groups excluding carboxylic acids is 1. The van der Waals surface area contributed by atoms with E-state index in [0.29, 0.717) is 0 Å². The number of hydrogen-bond acceptors (Lipinski definition) is 3. The van der Waals surface area contributed by atoms with E-state index in [1.54, 1.807) is 6.92 Å². The summed E-state index contributed by atoms with van der Waals surface area (Å²) in [7, 11) is 0. The van der Waals surface area contributed by atoms with Gasteiger partial charge in [0, 0.05) is 4.47 Å². The second-order valence-electron chi connectivity index (χ2n) is 4.68. The van der Waals surface area contributed by atoms with E-state index < -0.39 is 17.6 Å². The maximum atomic E-state index is 11.6. The summed E-state index contributed by atoms with van der Waals surface area (Å²) in [5.41, 5.74) is -1.08. The van der Waals surface area contributed by atoms with E-state index in [2.05, 4.69) is 26.6 Å². The SMILES string of the molecule is CC(NC(=O)NCC(C)(O)C(=O)O)c1ccc(Br)cc1. The molecule has 4 N–H and O–H groups in total. The molecule has 0 aliphatic rings. The van der Waals surface area contributed by atoms with E-state index in [-0.39, 0.29) is 12.6 Å². The van der Waals surface area contributed by atoms with Crippen molar-refractivity contribution in [1.29, 1.82) is 0 Å². The third kappa shape index (κ3) is 4.82. The first-order valence-electron chi connectivity index (χ1n) is 5.98. The lowest BCUT2D eigenvalue weighted by molar-refractivity contribution is -0.155. The van der Waals surface area contributed by atoms with E-state index in [0.717, 1.165) is 17.0 Å². The summed E-state index contributed by atoms with van der Waals surface area (Å²) in [6, 6.07) is 6.67. The highest BCUT2D eigenvalue weighted by molar-refractivity contribution is 9.10. The lowest BCUT2D eigenvalue weighted by Crippen LogP contribution is -2.49. The number of carboxylic acid groups (broad SMARTS) is 1. The summed E-state index contributed by atoms with van der Waals surface area (Å²) in [4.78, 5) is 22.3. The van der Waals surface area contributed by atoms with Gasteiger partial charge in [-0.25, -0.2) is 9.59 Å². The molecule has 2 atom stereocenters. The Labute approximate surface area is 125 Å². The van der Waals surface area contributed by atoms with Gasteiger partial charge in [-0.3, -0.25) is 0 Å². The molecule has 110 valence electrons. The number of aliphatic hydroxyl groups is 1. The van der Waals surface area contributed by atoms with E-state index in [1.807, 2.05) is 24.3 Å². The molecular weight excluding hydrogens is 328 g/mol. The van der Waals surface area contributed by atoms with Crippen LogP contribution in [0.3, 0.4) is 0 Å². The maximum absolute atomic E-state index is 11.6. The zero-order valence-corrected chi connectivity index (χ0v) is 12.8. The van der Waals surface area contributed by atoms with Gasteiger partial charge in [0.2, 0.25) is 0 Å². The van der Waals surface area contributed by atoms with Crippen LogP contribution in [0.15, 0.2) is 28.7 Å². The summed E-state index contributed by atoms with van der Waals surface area (Å²) >= 11 is 3.32. The number of aliphatic carboxylic acids is 1. The highest BCUT2D eigenvalue weighted by Crippen LogP contribution is 2.16. The molecule has 0 fully saturated rings. The van der Waals surface area contributed by atoms with Crippen LogP contribution in [0, 0.1) is 0 Å². The molecule has 7 heteroatoms. The minimum atomic E-state index is -1.99. The standard InChI is InChI=1S/C13H17BrN2O4/c1-8(9-3-5-10(14)6-4-9)16-12(19)15-7-13(2,20)11(17)18/h3-6,8,20H,7H2,1-2H3,(H,17,18)(H2,15,16,19). The van der Waals surface area contributed by atoms with Crippen molar-refractivity contribution in [3.63, 3.8) is 0 Å². The fourth-order valence-corrected chi connectivity index (χ4v) is 1.67. The number of carbonyl (C=O) groups is 2. The first-order valence-corrected chi connectivity index (χ1v) is 6.77. The van der Waals surface area contributed by atoms with Crippen molar-refractivity contribution in [2.45, 2.75) is 25.5 Å². The molecule has 0 radical (unpaired) electrons. The van der Waals surface area contributed by atoms with Crippen LogP contribution >= 0.6 is 15.9 Å². The predicted molar refractivity (Wildman–Crippen MR) is 77.4 cm³/mol. The fraction of sp³-hybridized carbons (Fsp3) is 0.385. The van der Waals surface area contributed by atoms with Gasteiger partial charge >= 0.3 is 12.0 Å². The molecule has 1 rings (SSSR count). The molecule has 20 heavy (non-hydrogen) atoms. The van der Waals surface area contributed by atoms with Crippen molar-refractivity contribution in [3.05, 3.63) is 34.3 Å². The van der Waals surface area contributed by atoms with Crippen molar-refractivity contribution in [3.8, 4) is 0 Å². The van der Waals surface area contributed by atoms with Crippen LogP contribution in [0.5, 0.6) is 0 Å². The number of benzene rings is 1. The Kier molecular flexibility index (Phi) is 5.52. The van der Waals surface area contributed by atoms with E-state index in [4.69, 9.17) is 5.11 Å². The van der Waals surface area contributed by atoms with Gasteiger partial charge in [0.05, 0.1) is 12.6 Å². The second-order valence-corrected chi connectivity index (χ2v) is 5.59. The smallest absolute Gasteiger partial charge is 0.337 e. The molecule has 0 heterocycles. The fourth-order valence-electron chi connectivity index (χ4n) is 1.41. The maximum Gasteiger partial charge on any atom is 0.337 e. The first kappa shape index (κ1) is 16.5. The summed E-state index contributed by atoms with van der Waals surface area (Å²) in [5.74, 6) is -1.39. The second kappa shape index (κ2) is 6.71. The molecule has 0 saturated heterocycles. The highest BCUT2D eigenvalue weighted by atomic mass is 79.9. The Morgan fingerprint density at radius 1 is 1.35 bits per heavy atom. The van der Waals surface area contributed by atoms with Crippen molar-refractivity contribution in [2.24, 2.45) is 0 Å². The van der Waals surface area contributed by atoms with Crippen LogP contribution in [0.4, 0.5) is 4.79 Å². The van der Waals surface area contributed by atoms with E-state index in [9.17, 15) is 14.7 Å². The van der Waals surface area contributed by atoms with Gasteiger partial charge in [-0.2, -0.15) is 0 Å². The number of hydrogen-bond donors (Lipinski definition) is 4. The van der Waals surface area contributed by atoms with Gasteiger partial charge in [-0.05, 0) is 31.5 Å². The van der Waals surface area contributed by atoms with Crippen molar-refractivity contribution < 1.29 is 19.8 Å². The van der Waals surface area contributed by atoms with Crippen LogP contribution in [0.1, 0.15) is 25.5 Å². The Balaban J connectivity index is 2.50. The van der Waals surface area contributed by atoms with Crippen LogP contribution in [-0.4, -0.2) is 34.4 Å². The monoisotopic (exact) mass is 344 g/mol. The molecule has 0 aromatic heterocycles. The summed E-state index contributed by atoms with van der Waals surface area (Å²) in [6.45, 7) is 2.55. The van der Waals surface area contributed by atoms with Crippen LogP contribution in [0.2, 0.25) is 0 Å². The Morgan fingerprint density at radius 2 is 1.90 bits per heavy atom. The Bertz CT molecular complexity index is 488. The quantitative estimate of drug-likeness (QED) is 0.652. The molecule has 6 nitrogen and oxygen atoms in total. The van der Waals surface area contributed by atoms with Gasteiger partial charge in [0.1, 0.15) is 0 Å². The third-order valence-corrected chi connectivity index (χ3v) is 3.30. The average molecular weight is 345 g/mol. The zero-order chi connectivity index (χ0) is 15.3. The minimum absolute atomic E-state index is 0.238. The molecule has 0 bridgehead atoms. The van der Waals surface area contributed by atoms with Crippen LogP contribution < -0.4 is 10.6 Å². The largest absolute Gasteiger partial charge is 0.479 e. The molecule has 0 aliphatic heterocycles. The average Bonchev–Trinajstić information content (AvgIpc) is 2.37. The minimum Gasteiger partial charge on any atom is -0.479 e. The van der Waals surface area contributed by atoms with Gasteiger partial charge in [-0.15, -0.1) is 0 Å². The number of rotatable bonds is 5. The zero-order valence-electron chi connectivity index (χ0n) is 11.2. The molecular formula is C13H17BrN2O4. The van der Waals surface area contributed by atoms with E-state index >= 15 is 0 Å². The number of amides is 2. The molecule has 2 unspecified atom stereocenters. The molecule has 0 saturated carbocycles. The topological polar surface area (TPSA) is 98.7 Å². The van der Waals surface area contributed by atoms with Crippen LogP contribution in [-0.2, 0) is 4.79 Å². The number of urea groups is 1. The van der Waals surface area contributed by atoms with Crippen molar-refractivity contribution in [1.82, 2.24) is 10.6 Å². The van der Waals surface area contributed by atoms with Crippen molar-refractivity contribution in [2.75, 3.05) is 6.54 Å². The van der Waals surface area contributed by atoms with Gasteiger partial charge in [-0.1, -0.05) is 28.1 Å². The van der Waals surface area contributed by atoms with Crippen LogP contribution in [0.25, 0.3) is 0 Å². The normalized spacial score (nSPS) is 15.0. The summed E-state index contributed by atoms with van der Waals surface area (Å²) in [6.07, 6.45) is 0. The number of nitrogens with one attached hydrogen (secondary N) is 2. The number of carboxylic acids is 1. The van der Waals surface area contributed by atoms with Gasteiger partial charge in [0.25, 0.3) is 0 Å². The highest BCUT2D eigenvalue weighted by Gasteiger charge is 2.30. The van der Waals surface area contributed by atoms with E-state index in [1.165, 1.54) is 0 Å². The Morgan fingerprint density at radius 3 is 2.40 bits per heavy atom. The molecule has 2 amide bonds. The number of halogens is 1. The van der Waals surface area contributed by atoms with Gasteiger partial charge < -0.3 is 20.8 Å². The van der Waals surface area contributed by atoms with Gasteiger partial charge in [0.15, 0.2) is 5.60 Å². The van der Waals surface area contributed by atoms with Crippen molar-refractivity contribution >= 4 is 27.9 Å². The first-order chi connectivity index (χ1) is 9.22. The molecule has 0 spiro atoms. The lowest BCUT2D eigenvalue weighted by atomic mass is 10.1. The predicted octanol–water partition coefficient (Wildman–Crippen LogP) is 1.64. The summed E-state index contributed by atoms with van der Waals surface area (Å²) in [5, 5.41) is 23.2. The molecule has 1 aromatic rings. The third-order valence-electron chi connectivity index (χ3n) is 2.77. The molecule has 1 aromatic carbocycles. The lowest BCUT2D eigenvalue weighted by Gasteiger charge is -2.20. The Hall–Kier alpha value is -1.60. The summed E-state index contributed by atoms with van der Waals surface area (Å²) < 4.78 is 0.940. The molecule has 0 aliphatic carbocycles.